The topological polar surface area (TPSA) is 145 Å². The molecule has 4 N–H and O–H groups in total. The predicted octanol–water partition coefficient (Wildman–Crippen LogP) is 2.11. The molecule has 0 amide bonds. The predicted molar refractivity (Wildman–Crippen MR) is 72.7 cm³/mol. The summed E-state index contributed by atoms with van der Waals surface area (Å²) in [7, 11) is 0. The molecule has 1 aromatic heterocycles. The lowest BCUT2D eigenvalue weighted by Crippen LogP contribution is -2.09. The van der Waals surface area contributed by atoms with Crippen molar-refractivity contribution >= 4 is 17.5 Å². The maximum Gasteiger partial charge on any atom is 0.422 e. The number of aromatic nitrogens is 2. The number of hydrogen-bond donors (Lipinski definition) is 2. The average molecular weight is 324 g/mol. The number of hydrogen-bond acceptors (Lipinski definition) is 7. The molecule has 0 bridgehead atoms. The SMILES string of the molecule is N#Cc1c(N)nc(N)nc1-c1ccc(C(F)(F)F)c([N+](=O)[O-])c1. The lowest BCUT2D eigenvalue weighted by molar-refractivity contribution is -0.388. The quantitative estimate of drug-likeness (QED) is 0.635. The van der Waals surface area contributed by atoms with E-state index >= 15 is 0 Å². The van der Waals surface area contributed by atoms with Crippen molar-refractivity contribution in [3.05, 3.63) is 39.4 Å². The Bertz CT molecular complexity index is 844. The Balaban J connectivity index is 2.75. The summed E-state index contributed by atoms with van der Waals surface area (Å²) >= 11 is 0. The molecule has 8 nitrogen and oxygen atoms in total. The highest BCUT2D eigenvalue weighted by Gasteiger charge is 2.38. The van der Waals surface area contributed by atoms with E-state index in [-0.39, 0.29) is 28.6 Å². The molecule has 0 saturated heterocycles. The molecule has 1 aromatic carbocycles. The van der Waals surface area contributed by atoms with Gasteiger partial charge in [0.05, 0.1) is 10.6 Å². The minimum Gasteiger partial charge on any atom is -0.382 e. The third kappa shape index (κ3) is 2.95. The van der Waals surface area contributed by atoms with E-state index in [9.17, 15) is 23.3 Å². The number of nitriles is 1. The number of halogens is 3. The molecular formula is C12H7F3N6O2. The summed E-state index contributed by atoms with van der Waals surface area (Å²) in [6.07, 6.45) is -4.90. The van der Waals surface area contributed by atoms with Crippen LogP contribution in [0, 0.1) is 21.4 Å². The van der Waals surface area contributed by atoms with Gasteiger partial charge in [0.15, 0.2) is 0 Å². The van der Waals surface area contributed by atoms with Crippen LogP contribution >= 0.6 is 0 Å². The molecule has 0 fully saturated rings. The monoisotopic (exact) mass is 324 g/mol. The minimum atomic E-state index is -4.90. The van der Waals surface area contributed by atoms with E-state index in [1.165, 1.54) is 0 Å². The Morgan fingerprint density at radius 1 is 1.26 bits per heavy atom. The average Bonchev–Trinajstić information content (AvgIpc) is 2.44. The Labute approximate surface area is 126 Å². The first-order chi connectivity index (χ1) is 10.6. The number of nitrogens with two attached hydrogens (primary N) is 2. The Kier molecular flexibility index (Phi) is 3.75. The number of nitro benzene ring substituents is 1. The van der Waals surface area contributed by atoms with Gasteiger partial charge in [-0.25, -0.2) is 4.98 Å². The number of rotatable bonds is 2. The Morgan fingerprint density at radius 2 is 1.91 bits per heavy atom. The van der Waals surface area contributed by atoms with Gasteiger partial charge < -0.3 is 11.5 Å². The van der Waals surface area contributed by atoms with Crippen molar-refractivity contribution in [1.29, 1.82) is 5.26 Å². The molecule has 0 radical (unpaired) electrons. The zero-order chi connectivity index (χ0) is 17.4. The van der Waals surface area contributed by atoms with Crippen LogP contribution in [0.4, 0.5) is 30.6 Å². The second-order valence-corrected chi connectivity index (χ2v) is 4.29. The number of benzene rings is 1. The van der Waals surface area contributed by atoms with Gasteiger partial charge in [0.2, 0.25) is 5.95 Å². The molecule has 0 unspecified atom stereocenters. The number of nitro groups is 1. The maximum atomic E-state index is 12.8. The fourth-order valence-corrected chi connectivity index (χ4v) is 1.88. The summed E-state index contributed by atoms with van der Waals surface area (Å²) in [4.78, 5) is 17.0. The maximum absolute atomic E-state index is 12.8. The van der Waals surface area contributed by atoms with Crippen molar-refractivity contribution in [2.45, 2.75) is 6.18 Å². The Morgan fingerprint density at radius 3 is 2.43 bits per heavy atom. The van der Waals surface area contributed by atoms with Gasteiger partial charge in [-0.1, -0.05) is 6.07 Å². The van der Waals surface area contributed by atoms with Crippen LogP contribution < -0.4 is 11.5 Å². The van der Waals surface area contributed by atoms with Gasteiger partial charge in [-0.05, 0) is 6.07 Å². The Hall–Kier alpha value is -3.42. The summed E-state index contributed by atoms with van der Waals surface area (Å²) in [5.74, 6) is -0.600. The fourth-order valence-electron chi connectivity index (χ4n) is 1.88. The van der Waals surface area contributed by atoms with Crippen molar-refractivity contribution in [3.8, 4) is 17.3 Å². The van der Waals surface area contributed by atoms with Gasteiger partial charge in [0, 0.05) is 11.6 Å². The summed E-state index contributed by atoms with van der Waals surface area (Å²) in [5, 5.41) is 19.9. The van der Waals surface area contributed by atoms with Gasteiger partial charge in [0.25, 0.3) is 5.69 Å². The first-order valence-electron chi connectivity index (χ1n) is 5.84. The van der Waals surface area contributed by atoms with Gasteiger partial charge >= 0.3 is 6.18 Å². The second kappa shape index (κ2) is 5.41. The highest BCUT2D eigenvalue weighted by molar-refractivity contribution is 5.75. The molecule has 2 aromatic rings. The van der Waals surface area contributed by atoms with Crippen molar-refractivity contribution in [3.63, 3.8) is 0 Å². The van der Waals surface area contributed by atoms with E-state index in [2.05, 4.69) is 9.97 Å². The molecule has 11 heteroatoms. The highest BCUT2D eigenvalue weighted by Crippen LogP contribution is 2.38. The van der Waals surface area contributed by atoms with E-state index < -0.39 is 22.4 Å². The number of anilines is 2. The zero-order valence-electron chi connectivity index (χ0n) is 11.1. The molecule has 118 valence electrons. The van der Waals surface area contributed by atoms with Crippen LogP contribution in [-0.2, 0) is 6.18 Å². The van der Waals surface area contributed by atoms with E-state index in [1.54, 1.807) is 6.07 Å². The smallest absolute Gasteiger partial charge is 0.382 e. The van der Waals surface area contributed by atoms with Crippen LogP contribution in [0.5, 0.6) is 0 Å². The molecule has 1 heterocycles. The van der Waals surface area contributed by atoms with Crippen LogP contribution in [0.3, 0.4) is 0 Å². The number of nitrogen functional groups attached to an aromatic ring is 2. The summed E-state index contributed by atoms with van der Waals surface area (Å²) in [6.45, 7) is 0. The third-order valence-electron chi connectivity index (χ3n) is 2.84. The first-order valence-corrected chi connectivity index (χ1v) is 5.84. The van der Waals surface area contributed by atoms with Crippen LogP contribution in [0.15, 0.2) is 18.2 Å². The van der Waals surface area contributed by atoms with Crippen molar-refractivity contribution in [2.24, 2.45) is 0 Å². The molecule has 2 rings (SSSR count). The fraction of sp³-hybridized carbons (Fsp3) is 0.0833. The van der Waals surface area contributed by atoms with Gasteiger partial charge in [-0.15, -0.1) is 0 Å². The van der Waals surface area contributed by atoms with Crippen molar-refractivity contribution in [1.82, 2.24) is 9.97 Å². The van der Waals surface area contributed by atoms with E-state index in [1.807, 2.05) is 0 Å². The van der Waals surface area contributed by atoms with Crippen molar-refractivity contribution < 1.29 is 18.1 Å². The normalized spacial score (nSPS) is 11.0. The number of alkyl halides is 3. The highest BCUT2D eigenvalue weighted by atomic mass is 19.4. The molecule has 0 aliphatic heterocycles. The lowest BCUT2D eigenvalue weighted by atomic mass is 10.0. The number of nitrogens with zero attached hydrogens (tertiary/aromatic N) is 4. The van der Waals surface area contributed by atoms with Crippen LogP contribution in [0.25, 0.3) is 11.3 Å². The summed E-state index contributed by atoms with van der Waals surface area (Å²) in [6, 6.07) is 3.82. The minimum absolute atomic E-state index is 0.109. The molecule has 0 saturated carbocycles. The molecule has 0 atom stereocenters. The van der Waals surface area contributed by atoms with Crippen LogP contribution in [-0.4, -0.2) is 14.9 Å². The first kappa shape index (κ1) is 16.0. The van der Waals surface area contributed by atoms with E-state index in [0.717, 1.165) is 6.07 Å². The van der Waals surface area contributed by atoms with Gasteiger partial charge in [-0.2, -0.15) is 23.4 Å². The second-order valence-electron chi connectivity index (χ2n) is 4.29. The van der Waals surface area contributed by atoms with Crippen LogP contribution in [0.1, 0.15) is 11.1 Å². The summed E-state index contributed by atoms with van der Waals surface area (Å²) < 4.78 is 38.4. The van der Waals surface area contributed by atoms with Crippen LogP contribution in [0.2, 0.25) is 0 Å². The largest absolute Gasteiger partial charge is 0.422 e. The van der Waals surface area contributed by atoms with Gasteiger partial charge in [0.1, 0.15) is 23.0 Å². The van der Waals surface area contributed by atoms with Gasteiger partial charge in [-0.3, -0.25) is 10.1 Å². The molecule has 0 aliphatic rings. The van der Waals surface area contributed by atoms with Crippen molar-refractivity contribution in [2.75, 3.05) is 11.5 Å². The zero-order valence-corrected chi connectivity index (χ0v) is 11.1. The van der Waals surface area contributed by atoms with E-state index in [0.29, 0.717) is 12.1 Å². The van der Waals surface area contributed by atoms with E-state index in [4.69, 9.17) is 16.7 Å². The lowest BCUT2D eigenvalue weighted by Gasteiger charge is -2.10. The molecular weight excluding hydrogens is 317 g/mol. The third-order valence-corrected chi connectivity index (χ3v) is 2.84. The molecule has 23 heavy (non-hydrogen) atoms. The standard InChI is InChI=1S/C12H7F3N6O2/c13-12(14,15)7-2-1-5(3-8(7)21(22)23)9-6(4-16)10(17)20-11(18)19-9/h1-3H,(H4,17,18,19,20). The molecule has 0 spiro atoms. The molecule has 0 aliphatic carbocycles. The summed E-state index contributed by atoms with van der Waals surface area (Å²) in [5.41, 5.74) is 7.77.